The number of hydrogen-bond donors (Lipinski definition) is 2. The van der Waals surface area contributed by atoms with Crippen LogP contribution < -0.4 is 11.1 Å². The lowest BCUT2D eigenvalue weighted by Crippen LogP contribution is -2.26. The van der Waals surface area contributed by atoms with E-state index in [9.17, 15) is 14.9 Å². The van der Waals surface area contributed by atoms with Crippen molar-refractivity contribution in [3.05, 3.63) is 51.8 Å². The van der Waals surface area contributed by atoms with E-state index in [0.717, 1.165) is 5.69 Å². The average Bonchev–Trinajstić information content (AvgIpc) is 2.84. The van der Waals surface area contributed by atoms with E-state index in [1.54, 1.807) is 10.9 Å². The molecule has 8 nitrogen and oxygen atoms in total. The SMILES string of the molecule is Cn1nccc1CCNC(=O)c1ccc(N)c([N+](=O)[O-])c1. The number of aryl methyl sites for hydroxylation is 1. The Morgan fingerprint density at radius 3 is 2.86 bits per heavy atom. The minimum absolute atomic E-state index is 0.0337. The summed E-state index contributed by atoms with van der Waals surface area (Å²) in [5.41, 5.74) is 6.45. The molecule has 0 aliphatic heterocycles. The number of aromatic nitrogens is 2. The Balaban J connectivity index is 1.99. The van der Waals surface area contributed by atoms with Crippen molar-refractivity contribution in [3.8, 4) is 0 Å². The number of anilines is 1. The monoisotopic (exact) mass is 289 g/mol. The van der Waals surface area contributed by atoms with E-state index in [2.05, 4.69) is 10.4 Å². The summed E-state index contributed by atoms with van der Waals surface area (Å²) in [6, 6.07) is 5.85. The number of nitrogens with zero attached hydrogens (tertiary/aromatic N) is 3. The number of benzene rings is 1. The number of rotatable bonds is 5. The molecule has 1 heterocycles. The predicted molar refractivity (Wildman–Crippen MR) is 76.8 cm³/mol. The van der Waals surface area contributed by atoms with Gasteiger partial charge in [0.05, 0.1) is 4.92 Å². The van der Waals surface area contributed by atoms with Crippen molar-refractivity contribution in [2.45, 2.75) is 6.42 Å². The van der Waals surface area contributed by atoms with E-state index in [1.165, 1.54) is 18.2 Å². The quantitative estimate of drug-likeness (QED) is 0.481. The molecule has 0 bridgehead atoms. The van der Waals surface area contributed by atoms with Gasteiger partial charge < -0.3 is 11.1 Å². The lowest BCUT2D eigenvalue weighted by molar-refractivity contribution is -0.383. The highest BCUT2D eigenvalue weighted by Gasteiger charge is 2.15. The summed E-state index contributed by atoms with van der Waals surface area (Å²) in [7, 11) is 1.82. The lowest BCUT2D eigenvalue weighted by atomic mass is 10.1. The third-order valence-corrected chi connectivity index (χ3v) is 3.08. The highest BCUT2D eigenvalue weighted by molar-refractivity contribution is 5.95. The van der Waals surface area contributed by atoms with Gasteiger partial charge in [-0.15, -0.1) is 0 Å². The van der Waals surface area contributed by atoms with Crippen molar-refractivity contribution >= 4 is 17.3 Å². The van der Waals surface area contributed by atoms with Gasteiger partial charge in [-0.25, -0.2) is 0 Å². The summed E-state index contributed by atoms with van der Waals surface area (Å²) in [6.45, 7) is 0.413. The number of amides is 1. The van der Waals surface area contributed by atoms with Crippen LogP contribution in [0.5, 0.6) is 0 Å². The van der Waals surface area contributed by atoms with Gasteiger partial charge >= 0.3 is 0 Å². The molecule has 0 radical (unpaired) electrons. The molecule has 2 aromatic rings. The number of nitrogen functional groups attached to an aromatic ring is 1. The van der Waals surface area contributed by atoms with Crippen LogP contribution in [0.25, 0.3) is 0 Å². The second-order valence-corrected chi connectivity index (χ2v) is 4.48. The van der Waals surface area contributed by atoms with Gasteiger partial charge in [-0.3, -0.25) is 19.6 Å². The van der Waals surface area contributed by atoms with Crippen molar-refractivity contribution in [1.82, 2.24) is 15.1 Å². The second kappa shape index (κ2) is 6.04. The van der Waals surface area contributed by atoms with Crippen LogP contribution in [0.1, 0.15) is 16.1 Å². The van der Waals surface area contributed by atoms with Crippen LogP contribution in [0, 0.1) is 10.1 Å². The average molecular weight is 289 g/mol. The summed E-state index contributed by atoms with van der Waals surface area (Å²) in [5, 5.41) is 17.5. The zero-order chi connectivity index (χ0) is 15.4. The van der Waals surface area contributed by atoms with Gasteiger partial charge in [0.1, 0.15) is 5.69 Å². The third kappa shape index (κ3) is 3.35. The minimum atomic E-state index is -0.609. The van der Waals surface area contributed by atoms with Crippen LogP contribution in [0.15, 0.2) is 30.5 Å². The summed E-state index contributed by atoms with van der Waals surface area (Å²) in [5.74, 6) is -0.375. The number of nitrogens with two attached hydrogens (primary N) is 1. The van der Waals surface area contributed by atoms with Crippen molar-refractivity contribution < 1.29 is 9.72 Å². The van der Waals surface area contributed by atoms with Crippen LogP contribution >= 0.6 is 0 Å². The second-order valence-electron chi connectivity index (χ2n) is 4.48. The molecule has 110 valence electrons. The maximum atomic E-state index is 11.9. The molecule has 0 spiro atoms. The molecule has 0 aliphatic rings. The Hall–Kier alpha value is -2.90. The lowest BCUT2D eigenvalue weighted by Gasteiger charge is -2.06. The Morgan fingerprint density at radius 2 is 2.24 bits per heavy atom. The van der Waals surface area contributed by atoms with Gasteiger partial charge in [0.25, 0.3) is 11.6 Å². The van der Waals surface area contributed by atoms with Gasteiger partial charge in [0.15, 0.2) is 0 Å². The van der Waals surface area contributed by atoms with Crippen LogP contribution in [-0.4, -0.2) is 27.2 Å². The smallest absolute Gasteiger partial charge is 0.292 e. The zero-order valence-electron chi connectivity index (χ0n) is 11.4. The number of carbonyl (C=O) groups is 1. The van der Waals surface area contributed by atoms with Gasteiger partial charge in [-0.1, -0.05) is 0 Å². The van der Waals surface area contributed by atoms with Crippen molar-refractivity contribution in [2.75, 3.05) is 12.3 Å². The molecule has 21 heavy (non-hydrogen) atoms. The number of hydrogen-bond acceptors (Lipinski definition) is 5. The van der Waals surface area contributed by atoms with Crippen molar-refractivity contribution in [1.29, 1.82) is 0 Å². The summed E-state index contributed by atoms with van der Waals surface area (Å²) < 4.78 is 1.72. The van der Waals surface area contributed by atoms with E-state index in [1.807, 2.05) is 13.1 Å². The molecule has 3 N–H and O–H groups in total. The van der Waals surface area contributed by atoms with Gasteiger partial charge in [-0.2, -0.15) is 5.10 Å². The van der Waals surface area contributed by atoms with Crippen LogP contribution in [0.2, 0.25) is 0 Å². The molecular formula is C13H15N5O3. The zero-order valence-corrected chi connectivity index (χ0v) is 11.4. The van der Waals surface area contributed by atoms with E-state index in [0.29, 0.717) is 13.0 Å². The van der Waals surface area contributed by atoms with Crippen molar-refractivity contribution in [2.24, 2.45) is 7.05 Å². The summed E-state index contributed by atoms with van der Waals surface area (Å²) >= 11 is 0. The van der Waals surface area contributed by atoms with E-state index in [4.69, 9.17) is 5.73 Å². The molecule has 1 aromatic carbocycles. The molecule has 0 unspecified atom stereocenters. The fourth-order valence-corrected chi connectivity index (χ4v) is 1.90. The van der Waals surface area contributed by atoms with Gasteiger partial charge in [0, 0.05) is 43.5 Å². The Morgan fingerprint density at radius 1 is 1.48 bits per heavy atom. The molecule has 2 rings (SSSR count). The Kier molecular flexibility index (Phi) is 4.17. The third-order valence-electron chi connectivity index (χ3n) is 3.08. The summed E-state index contributed by atoms with van der Waals surface area (Å²) in [6.07, 6.45) is 2.31. The van der Waals surface area contributed by atoms with Crippen LogP contribution in [0.4, 0.5) is 11.4 Å². The number of nitrogens with one attached hydrogen (secondary N) is 1. The molecule has 0 saturated carbocycles. The number of nitro groups is 1. The molecule has 8 heteroatoms. The molecule has 0 fully saturated rings. The fraction of sp³-hybridized carbons (Fsp3) is 0.231. The normalized spacial score (nSPS) is 10.3. The first-order valence-corrected chi connectivity index (χ1v) is 6.28. The molecule has 0 atom stereocenters. The number of carbonyl (C=O) groups excluding carboxylic acids is 1. The standard InChI is InChI=1S/C13H15N5O3/c1-17-10(5-7-16-17)4-6-15-13(19)9-2-3-11(14)12(8-9)18(20)21/h2-3,5,7-8H,4,6,14H2,1H3,(H,15,19). The first-order valence-electron chi connectivity index (χ1n) is 6.28. The van der Waals surface area contributed by atoms with E-state index >= 15 is 0 Å². The maximum Gasteiger partial charge on any atom is 0.292 e. The molecule has 1 amide bonds. The highest BCUT2D eigenvalue weighted by Crippen LogP contribution is 2.22. The van der Waals surface area contributed by atoms with Gasteiger partial charge in [0.2, 0.25) is 0 Å². The van der Waals surface area contributed by atoms with E-state index < -0.39 is 4.92 Å². The largest absolute Gasteiger partial charge is 0.393 e. The molecular weight excluding hydrogens is 274 g/mol. The molecule has 0 aliphatic carbocycles. The molecule has 0 saturated heterocycles. The van der Waals surface area contributed by atoms with Gasteiger partial charge in [-0.05, 0) is 18.2 Å². The van der Waals surface area contributed by atoms with Crippen molar-refractivity contribution in [3.63, 3.8) is 0 Å². The van der Waals surface area contributed by atoms with Crippen LogP contribution in [0.3, 0.4) is 0 Å². The Labute approximate surface area is 120 Å². The van der Waals surface area contributed by atoms with E-state index in [-0.39, 0.29) is 22.8 Å². The Bertz CT molecular complexity index is 680. The maximum absolute atomic E-state index is 11.9. The first kappa shape index (κ1) is 14.5. The topological polar surface area (TPSA) is 116 Å². The fourth-order valence-electron chi connectivity index (χ4n) is 1.90. The predicted octanol–water partition coefficient (Wildman–Crippen LogP) is 0.883. The minimum Gasteiger partial charge on any atom is -0.393 e. The van der Waals surface area contributed by atoms with Crippen LogP contribution in [-0.2, 0) is 13.5 Å². The summed E-state index contributed by atoms with van der Waals surface area (Å²) in [4.78, 5) is 22.1. The number of nitro benzene ring substituents is 1. The highest BCUT2D eigenvalue weighted by atomic mass is 16.6. The molecule has 1 aromatic heterocycles. The first-order chi connectivity index (χ1) is 9.99.